The molecule has 1 aromatic carbocycles. The SMILES string of the molecule is CCCNC(CSc1ccc(C)cc1C)C(N)=O. The normalized spacial score (nSPS) is 12.4. The zero-order chi connectivity index (χ0) is 13.5. The smallest absolute Gasteiger partial charge is 0.235 e. The minimum Gasteiger partial charge on any atom is -0.368 e. The maximum atomic E-state index is 11.3. The van der Waals surface area contributed by atoms with E-state index in [1.54, 1.807) is 11.8 Å². The Hall–Kier alpha value is -1.00. The number of aryl methyl sites for hydroxylation is 2. The molecule has 18 heavy (non-hydrogen) atoms. The first-order valence-corrected chi connectivity index (χ1v) is 7.26. The highest BCUT2D eigenvalue weighted by Gasteiger charge is 2.14. The van der Waals surface area contributed by atoms with Gasteiger partial charge in [-0.15, -0.1) is 11.8 Å². The summed E-state index contributed by atoms with van der Waals surface area (Å²) >= 11 is 1.68. The zero-order valence-corrected chi connectivity index (χ0v) is 12.1. The highest BCUT2D eigenvalue weighted by Crippen LogP contribution is 2.23. The molecule has 0 aliphatic heterocycles. The van der Waals surface area contributed by atoms with E-state index in [4.69, 9.17) is 5.73 Å². The van der Waals surface area contributed by atoms with Crippen molar-refractivity contribution in [3.63, 3.8) is 0 Å². The summed E-state index contributed by atoms with van der Waals surface area (Å²) in [5.74, 6) is 0.403. The Morgan fingerprint density at radius 3 is 2.72 bits per heavy atom. The minimum absolute atomic E-state index is 0.254. The van der Waals surface area contributed by atoms with Crippen LogP contribution in [-0.4, -0.2) is 24.2 Å². The number of carbonyl (C=O) groups is 1. The van der Waals surface area contributed by atoms with Crippen molar-refractivity contribution in [2.75, 3.05) is 12.3 Å². The highest BCUT2D eigenvalue weighted by atomic mass is 32.2. The average molecular weight is 266 g/mol. The maximum absolute atomic E-state index is 11.3. The Labute approximate surface area is 114 Å². The van der Waals surface area contributed by atoms with Gasteiger partial charge in [-0.2, -0.15) is 0 Å². The van der Waals surface area contributed by atoms with E-state index in [9.17, 15) is 4.79 Å². The third kappa shape index (κ3) is 4.70. The minimum atomic E-state index is -0.277. The van der Waals surface area contributed by atoms with Crippen molar-refractivity contribution in [1.29, 1.82) is 0 Å². The van der Waals surface area contributed by atoms with Crippen LogP contribution in [0.25, 0.3) is 0 Å². The summed E-state index contributed by atoms with van der Waals surface area (Å²) in [6.45, 7) is 7.06. The van der Waals surface area contributed by atoms with E-state index in [-0.39, 0.29) is 11.9 Å². The highest BCUT2D eigenvalue weighted by molar-refractivity contribution is 7.99. The number of primary amides is 1. The zero-order valence-electron chi connectivity index (χ0n) is 11.3. The maximum Gasteiger partial charge on any atom is 0.235 e. The van der Waals surface area contributed by atoms with E-state index >= 15 is 0 Å². The third-order valence-corrected chi connectivity index (χ3v) is 3.99. The number of thioether (sulfide) groups is 1. The molecule has 4 heteroatoms. The summed E-state index contributed by atoms with van der Waals surface area (Å²) in [5, 5.41) is 3.17. The van der Waals surface area contributed by atoms with Gasteiger partial charge in [-0.3, -0.25) is 4.79 Å². The molecule has 100 valence electrons. The van der Waals surface area contributed by atoms with E-state index in [0.717, 1.165) is 13.0 Å². The summed E-state index contributed by atoms with van der Waals surface area (Å²) in [6.07, 6.45) is 0.998. The lowest BCUT2D eigenvalue weighted by molar-refractivity contribution is -0.119. The molecule has 0 aliphatic carbocycles. The third-order valence-electron chi connectivity index (χ3n) is 2.72. The number of amides is 1. The van der Waals surface area contributed by atoms with Crippen LogP contribution < -0.4 is 11.1 Å². The van der Waals surface area contributed by atoms with Gasteiger partial charge in [-0.1, -0.05) is 24.6 Å². The molecule has 0 aliphatic rings. The van der Waals surface area contributed by atoms with Crippen LogP contribution in [0.1, 0.15) is 24.5 Å². The lowest BCUT2D eigenvalue weighted by Gasteiger charge is -2.15. The van der Waals surface area contributed by atoms with Crippen molar-refractivity contribution in [2.24, 2.45) is 5.73 Å². The fraction of sp³-hybridized carbons (Fsp3) is 0.500. The van der Waals surface area contributed by atoms with Crippen LogP contribution >= 0.6 is 11.8 Å². The molecule has 1 atom stereocenters. The van der Waals surface area contributed by atoms with E-state index in [2.05, 4.69) is 44.3 Å². The van der Waals surface area contributed by atoms with Crippen molar-refractivity contribution < 1.29 is 4.79 Å². The molecule has 0 fully saturated rings. The molecule has 0 saturated heterocycles. The van der Waals surface area contributed by atoms with Crippen molar-refractivity contribution >= 4 is 17.7 Å². The van der Waals surface area contributed by atoms with Crippen LogP contribution in [0.2, 0.25) is 0 Å². The number of rotatable bonds is 7. The van der Waals surface area contributed by atoms with Gasteiger partial charge in [0.25, 0.3) is 0 Å². The summed E-state index contributed by atoms with van der Waals surface area (Å²) in [6, 6.07) is 6.10. The fourth-order valence-electron chi connectivity index (χ4n) is 1.69. The van der Waals surface area contributed by atoms with Crippen LogP contribution in [0.4, 0.5) is 0 Å². The number of benzene rings is 1. The van der Waals surface area contributed by atoms with Gasteiger partial charge in [-0.05, 0) is 38.4 Å². The first kappa shape index (κ1) is 15.1. The second kappa shape index (κ2) is 7.44. The van der Waals surface area contributed by atoms with Crippen LogP contribution in [0.5, 0.6) is 0 Å². The molecule has 0 radical (unpaired) electrons. The molecule has 0 heterocycles. The van der Waals surface area contributed by atoms with Gasteiger partial charge in [0, 0.05) is 10.6 Å². The molecular formula is C14H22N2OS. The number of hydrogen-bond donors (Lipinski definition) is 2. The molecule has 0 spiro atoms. The number of carbonyl (C=O) groups excluding carboxylic acids is 1. The standard InChI is InChI=1S/C14H22N2OS/c1-4-7-16-12(14(15)17)9-18-13-6-5-10(2)8-11(13)3/h5-6,8,12,16H,4,7,9H2,1-3H3,(H2,15,17). The predicted octanol–water partition coefficient (Wildman–Crippen LogP) is 2.25. The number of nitrogens with one attached hydrogen (secondary N) is 1. The number of hydrogen-bond acceptors (Lipinski definition) is 3. The summed E-state index contributed by atoms with van der Waals surface area (Å²) in [7, 11) is 0. The van der Waals surface area contributed by atoms with Gasteiger partial charge >= 0.3 is 0 Å². The van der Waals surface area contributed by atoms with Gasteiger partial charge in [0.15, 0.2) is 0 Å². The van der Waals surface area contributed by atoms with Gasteiger partial charge in [0.05, 0.1) is 6.04 Å². The van der Waals surface area contributed by atoms with Crippen molar-refractivity contribution in [3.8, 4) is 0 Å². The monoisotopic (exact) mass is 266 g/mol. The van der Waals surface area contributed by atoms with Gasteiger partial charge in [0.1, 0.15) is 0 Å². The molecule has 1 amide bonds. The predicted molar refractivity (Wildman–Crippen MR) is 77.9 cm³/mol. The first-order valence-electron chi connectivity index (χ1n) is 6.27. The van der Waals surface area contributed by atoms with Gasteiger partial charge in [-0.25, -0.2) is 0 Å². The van der Waals surface area contributed by atoms with Crippen LogP contribution in [-0.2, 0) is 4.79 Å². The Morgan fingerprint density at radius 2 is 2.17 bits per heavy atom. The quantitative estimate of drug-likeness (QED) is 0.744. The van der Waals surface area contributed by atoms with Crippen LogP contribution in [0.3, 0.4) is 0 Å². The fourth-order valence-corrected chi connectivity index (χ4v) is 2.77. The summed E-state index contributed by atoms with van der Waals surface area (Å²) in [4.78, 5) is 12.5. The van der Waals surface area contributed by atoms with E-state index in [1.807, 2.05) is 0 Å². The Balaban J connectivity index is 2.58. The average Bonchev–Trinajstić information content (AvgIpc) is 2.31. The molecule has 1 unspecified atom stereocenters. The van der Waals surface area contributed by atoms with E-state index in [1.165, 1.54) is 16.0 Å². The molecule has 3 nitrogen and oxygen atoms in total. The van der Waals surface area contributed by atoms with E-state index in [0.29, 0.717) is 5.75 Å². The van der Waals surface area contributed by atoms with Gasteiger partial charge in [0.2, 0.25) is 5.91 Å². The van der Waals surface area contributed by atoms with Crippen LogP contribution in [0.15, 0.2) is 23.1 Å². The van der Waals surface area contributed by atoms with Crippen molar-refractivity contribution in [2.45, 2.75) is 38.1 Å². The van der Waals surface area contributed by atoms with Gasteiger partial charge < -0.3 is 11.1 Å². The Morgan fingerprint density at radius 1 is 1.44 bits per heavy atom. The summed E-state index contributed by atoms with van der Waals surface area (Å²) in [5.41, 5.74) is 7.89. The second-order valence-electron chi connectivity index (χ2n) is 4.49. The van der Waals surface area contributed by atoms with Crippen molar-refractivity contribution in [1.82, 2.24) is 5.32 Å². The second-order valence-corrected chi connectivity index (χ2v) is 5.55. The Kier molecular flexibility index (Phi) is 6.22. The van der Waals surface area contributed by atoms with Crippen LogP contribution in [0, 0.1) is 13.8 Å². The Bertz CT molecular complexity index is 407. The first-order chi connectivity index (χ1) is 8.54. The molecule has 0 saturated carbocycles. The summed E-state index contributed by atoms with van der Waals surface area (Å²) < 4.78 is 0. The molecule has 0 aromatic heterocycles. The molecular weight excluding hydrogens is 244 g/mol. The van der Waals surface area contributed by atoms with Crippen molar-refractivity contribution in [3.05, 3.63) is 29.3 Å². The molecule has 3 N–H and O–H groups in total. The largest absolute Gasteiger partial charge is 0.368 e. The lowest BCUT2D eigenvalue weighted by Crippen LogP contribution is -2.43. The lowest BCUT2D eigenvalue weighted by atomic mass is 10.2. The number of nitrogens with two attached hydrogens (primary N) is 1. The molecule has 1 aromatic rings. The molecule has 1 rings (SSSR count). The van der Waals surface area contributed by atoms with E-state index < -0.39 is 0 Å². The molecule has 0 bridgehead atoms. The topological polar surface area (TPSA) is 55.1 Å².